The van der Waals surface area contributed by atoms with Crippen molar-refractivity contribution in [1.29, 1.82) is 0 Å². The molecule has 0 amide bonds. The molecule has 18 heavy (non-hydrogen) atoms. The van der Waals surface area contributed by atoms with Gasteiger partial charge in [0.05, 0.1) is 25.7 Å². The smallest absolute Gasteiger partial charge is 0.0968 e. The number of fused-ring (bicyclic) bond motifs is 1. The third-order valence-corrected chi connectivity index (χ3v) is 5.02. The van der Waals surface area contributed by atoms with E-state index in [-0.39, 0.29) is 0 Å². The zero-order valence-electron chi connectivity index (χ0n) is 9.34. The number of hydrogen-bond acceptors (Lipinski definition) is 4. The number of aliphatic hydroxyl groups excluding tert-OH is 1. The predicted octanol–water partition coefficient (Wildman–Crippen LogP) is 4.29. The molecular formula is C13H10ClNOS2. The topological polar surface area (TPSA) is 33.1 Å². The fourth-order valence-corrected chi connectivity index (χ4v) is 3.83. The Kier molecular flexibility index (Phi) is 3.35. The van der Waals surface area contributed by atoms with Gasteiger partial charge in [0, 0.05) is 11.3 Å². The Labute approximate surface area is 117 Å². The van der Waals surface area contributed by atoms with Crippen LogP contribution in [0.3, 0.4) is 0 Å². The second-order valence-corrected chi connectivity index (χ2v) is 6.80. The second kappa shape index (κ2) is 4.97. The fraction of sp³-hybridized carbons (Fsp3) is 0.154. The van der Waals surface area contributed by atoms with Crippen LogP contribution in [0.25, 0.3) is 10.2 Å². The number of nitrogens with zero attached hydrogens (tertiary/aromatic N) is 1. The van der Waals surface area contributed by atoms with Crippen molar-refractivity contribution in [3.63, 3.8) is 0 Å². The molecular weight excluding hydrogens is 286 g/mol. The summed E-state index contributed by atoms with van der Waals surface area (Å²) in [5.74, 6) is 0. The number of aromatic nitrogens is 1. The summed E-state index contributed by atoms with van der Waals surface area (Å²) in [6, 6.07) is 11.7. The molecule has 0 spiro atoms. The number of rotatable bonds is 3. The van der Waals surface area contributed by atoms with Crippen LogP contribution in [0.15, 0.2) is 36.4 Å². The van der Waals surface area contributed by atoms with Crippen LogP contribution in [0.5, 0.6) is 0 Å². The summed E-state index contributed by atoms with van der Waals surface area (Å²) in [5.41, 5.74) is 0.994. The molecule has 1 aromatic carbocycles. The van der Waals surface area contributed by atoms with E-state index in [9.17, 15) is 5.11 Å². The molecule has 2 heterocycles. The van der Waals surface area contributed by atoms with E-state index in [1.165, 1.54) is 11.3 Å². The highest BCUT2D eigenvalue weighted by molar-refractivity contribution is 7.18. The van der Waals surface area contributed by atoms with Gasteiger partial charge in [0.15, 0.2) is 0 Å². The maximum Gasteiger partial charge on any atom is 0.0968 e. The molecule has 0 bridgehead atoms. The van der Waals surface area contributed by atoms with Gasteiger partial charge >= 0.3 is 0 Å². The van der Waals surface area contributed by atoms with Gasteiger partial charge in [-0.25, -0.2) is 4.98 Å². The zero-order valence-corrected chi connectivity index (χ0v) is 11.7. The molecule has 2 nitrogen and oxygen atoms in total. The van der Waals surface area contributed by atoms with Crippen LogP contribution in [-0.2, 0) is 6.42 Å². The largest absolute Gasteiger partial charge is 0.387 e. The third kappa shape index (κ3) is 2.42. The highest BCUT2D eigenvalue weighted by Crippen LogP contribution is 2.31. The maximum atomic E-state index is 10.1. The van der Waals surface area contributed by atoms with Gasteiger partial charge in [-0.2, -0.15) is 0 Å². The van der Waals surface area contributed by atoms with Crippen LogP contribution in [0.2, 0.25) is 4.34 Å². The summed E-state index contributed by atoms with van der Waals surface area (Å²) < 4.78 is 1.86. The van der Waals surface area contributed by atoms with E-state index in [0.29, 0.717) is 10.8 Å². The minimum absolute atomic E-state index is 0.525. The number of halogens is 1. The molecule has 1 unspecified atom stereocenters. The monoisotopic (exact) mass is 295 g/mol. The summed E-state index contributed by atoms with van der Waals surface area (Å²) in [6.07, 6.45) is 0.0129. The second-order valence-electron chi connectivity index (χ2n) is 3.94. The summed E-state index contributed by atoms with van der Waals surface area (Å²) in [7, 11) is 0. The molecule has 3 rings (SSSR count). The van der Waals surface area contributed by atoms with E-state index < -0.39 is 6.10 Å². The summed E-state index contributed by atoms with van der Waals surface area (Å²) in [6.45, 7) is 0. The lowest BCUT2D eigenvalue weighted by molar-refractivity contribution is 0.182. The minimum atomic E-state index is -0.525. The Bertz CT molecular complexity index is 643. The molecule has 0 saturated carbocycles. The highest BCUT2D eigenvalue weighted by atomic mass is 35.5. The third-order valence-electron chi connectivity index (χ3n) is 2.63. The Hall–Kier alpha value is -0.940. The standard InChI is InChI=1S/C13H10ClNOS2/c14-12-6-5-11(17-12)9(16)7-13-15-8-3-1-2-4-10(8)18-13/h1-6,9,16H,7H2. The lowest BCUT2D eigenvalue weighted by Crippen LogP contribution is -1.98. The van der Waals surface area contributed by atoms with Crippen molar-refractivity contribution in [3.8, 4) is 0 Å². The van der Waals surface area contributed by atoms with Crippen molar-refractivity contribution >= 4 is 44.5 Å². The van der Waals surface area contributed by atoms with Crippen LogP contribution in [0, 0.1) is 0 Å². The lowest BCUT2D eigenvalue weighted by Gasteiger charge is -2.04. The average Bonchev–Trinajstić information content (AvgIpc) is 2.94. The van der Waals surface area contributed by atoms with Crippen molar-refractivity contribution < 1.29 is 5.11 Å². The van der Waals surface area contributed by atoms with Crippen LogP contribution in [-0.4, -0.2) is 10.1 Å². The van der Waals surface area contributed by atoms with E-state index in [0.717, 1.165) is 20.1 Å². The lowest BCUT2D eigenvalue weighted by atomic mass is 10.2. The molecule has 1 atom stereocenters. The number of benzene rings is 1. The average molecular weight is 296 g/mol. The Morgan fingerprint density at radius 3 is 2.72 bits per heavy atom. The SMILES string of the molecule is OC(Cc1nc2ccccc2s1)c1ccc(Cl)s1. The Morgan fingerprint density at radius 1 is 1.17 bits per heavy atom. The van der Waals surface area contributed by atoms with Crippen LogP contribution >= 0.6 is 34.3 Å². The van der Waals surface area contributed by atoms with Gasteiger partial charge in [0.25, 0.3) is 0 Å². The molecule has 5 heteroatoms. The number of thiophene rings is 1. The first-order valence-corrected chi connectivity index (χ1v) is 7.51. The van der Waals surface area contributed by atoms with Crippen molar-refractivity contribution in [1.82, 2.24) is 4.98 Å². The van der Waals surface area contributed by atoms with Gasteiger partial charge in [-0.05, 0) is 24.3 Å². The normalized spacial score (nSPS) is 13.0. The van der Waals surface area contributed by atoms with E-state index in [1.807, 2.05) is 36.4 Å². The van der Waals surface area contributed by atoms with Gasteiger partial charge in [-0.1, -0.05) is 23.7 Å². The van der Waals surface area contributed by atoms with Crippen molar-refractivity contribution in [2.24, 2.45) is 0 Å². The molecule has 0 aliphatic heterocycles. The van der Waals surface area contributed by atoms with Crippen LogP contribution < -0.4 is 0 Å². The molecule has 0 fully saturated rings. The van der Waals surface area contributed by atoms with Crippen LogP contribution in [0.1, 0.15) is 16.0 Å². The highest BCUT2D eigenvalue weighted by Gasteiger charge is 2.13. The summed E-state index contributed by atoms with van der Waals surface area (Å²) >= 11 is 8.91. The first kappa shape index (κ1) is 12.1. The van der Waals surface area contributed by atoms with E-state index in [4.69, 9.17) is 11.6 Å². The Balaban J connectivity index is 1.83. The molecule has 0 aliphatic rings. The van der Waals surface area contributed by atoms with Crippen LogP contribution in [0.4, 0.5) is 0 Å². The summed E-state index contributed by atoms with van der Waals surface area (Å²) in [5, 5.41) is 11.1. The van der Waals surface area contributed by atoms with Gasteiger partial charge in [-0.15, -0.1) is 22.7 Å². The van der Waals surface area contributed by atoms with Crippen molar-refractivity contribution in [3.05, 3.63) is 50.6 Å². The van der Waals surface area contributed by atoms with Gasteiger partial charge in [0.1, 0.15) is 0 Å². The molecule has 0 radical (unpaired) electrons. The number of para-hydroxylation sites is 1. The van der Waals surface area contributed by atoms with Crippen molar-refractivity contribution in [2.45, 2.75) is 12.5 Å². The first-order valence-electron chi connectivity index (χ1n) is 5.50. The number of hydrogen-bond donors (Lipinski definition) is 1. The molecule has 0 aliphatic carbocycles. The molecule has 2 aromatic heterocycles. The molecule has 1 N–H and O–H groups in total. The quantitative estimate of drug-likeness (QED) is 0.782. The van der Waals surface area contributed by atoms with Gasteiger partial charge < -0.3 is 5.11 Å². The number of aliphatic hydroxyl groups is 1. The van der Waals surface area contributed by atoms with Crippen molar-refractivity contribution in [2.75, 3.05) is 0 Å². The van der Waals surface area contributed by atoms with E-state index >= 15 is 0 Å². The number of thiazole rings is 1. The molecule has 3 aromatic rings. The zero-order chi connectivity index (χ0) is 12.5. The molecule has 92 valence electrons. The van der Waals surface area contributed by atoms with Gasteiger partial charge in [-0.3, -0.25) is 0 Å². The fourth-order valence-electron chi connectivity index (χ4n) is 1.78. The van der Waals surface area contributed by atoms with E-state index in [1.54, 1.807) is 11.3 Å². The summed E-state index contributed by atoms with van der Waals surface area (Å²) in [4.78, 5) is 5.40. The maximum absolute atomic E-state index is 10.1. The Morgan fingerprint density at radius 2 is 2.00 bits per heavy atom. The van der Waals surface area contributed by atoms with Gasteiger partial charge in [0.2, 0.25) is 0 Å². The minimum Gasteiger partial charge on any atom is -0.387 e. The first-order chi connectivity index (χ1) is 8.72. The predicted molar refractivity (Wildman–Crippen MR) is 77.6 cm³/mol. The molecule has 0 saturated heterocycles. The van der Waals surface area contributed by atoms with E-state index in [2.05, 4.69) is 4.98 Å².